The van der Waals surface area contributed by atoms with Crippen LogP contribution in [0, 0.1) is 0 Å². The number of halogens is 1. The van der Waals surface area contributed by atoms with Crippen LogP contribution in [0.5, 0.6) is 0 Å². The lowest BCUT2D eigenvalue weighted by molar-refractivity contribution is 0.882. The van der Waals surface area contributed by atoms with E-state index < -0.39 is 0 Å². The normalized spacial score (nSPS) is 27.1. The van der Waals surface area contributed by atoms with Crippen molar-refractivity contribution in [1.29, 1.82) is 0 Å². The van der Waals surface area contributed by atoms with E-state index in [1.165, 1.54) is 11.1 Å². The standard InChI is InChI=1S/C10H9Cl/c1-10(11)7-6-8-4-2-3-5-9(8)10/h2-7H,1H3. The Labute approximate surface area is 71.5 Å². The SMILES string of the molecule is CC1(Cl)C=Cc2ccccc21. The smallest absolute Gasteiger partial charge is 0.0856 e. The molecule has 2 rings (SSSR count). The van der Waals surface area contributed by atoms with E-state index in [-0.39, 0.29) is 4.87 Å². The van der Waals surface area contributed by atoms with Gasteiger partial charge in [-0.25, -0.2) is 0 Å². The minimum atomic E-state index is -0.281. The fourth-order valence-corrected chi connectivity index (χ4v) is 1.66. The van der Waals surface area contributed by atoms with Crippen LogP contribution in [0.4, 0.5) is 0 Å². The van der Waals surface area contributed by atoms with Crippen LogP contribution in [-0.4, -0.2) is 0 Å². The molecule has 1 heteroatoms. The van der Waals surface area contributed by atoms with Crippen molar-refractivity contribution < 1.29 is 0 Å². The van der Waals surface area contributed by atoms with Crippen molar-refractivity contribution in [2.24, 2.45) is 0 Å². The number of fused-ring (bicyclic) bond motifs is 1. The monoisotopic (exact) mass is 164 g/mol. The predicted molar refractivity (Wildman–Crippen MR) is 48.7 cm³/mol. The van der Waals surface area contributed by atoms with Gasteiger partial charge in [0.1, 0.15) is 0 Å². The van der Waals surface area contributed by atoms with Crippen LogP contribution in [0.3, 0.4) is 0 Å². The van der Waals surface area contributed by atoms with E-state index in [1.807, 2.05) is 25.1 Å². The molecule has 1 aromatic carbocycles. The molecule has 0 amide bonds. The van der Waals surface area contributed by atoms with E-state index in [9.17, 15) is 0 Å². The summed E-state index contributed by atoms with van der Waals surface area (Å²) in [6.07, 6.45) is 4.10. The molecule has 1 unspecified atom stereocenters. The molecule has 0 saturated heterocycles. The summed E-state index contributed by atoms with van der Waals surface area (Å²) in [4.78, 5) is -0.281. The van der Waals surface area contributed by atoms with Gasteiger partial charge in [0, 0.05) is 0 Å². The van der Waals surface area contributed by atoms with Crippen molar-refractivity contribution in [3.05, 3.63) is 41.5 Å². The maximum Gasteiger partial charge on any atom is 0.0856 e. The van der Waals surface area contributed by atoms with Gasteiger partial charge in [0.25, 0.3) is 0 Å². The van der Waals surface area contributed by atoms with E-state index in [2.05, 4.69) is 18.2 Å². The third-order valence-electron chi connectivity index (χ3n) is 2.06. The van der Waals surface area contributed by atoms with Crippen LogP contribution in [0.2, 0.25) is 0 Å². The maximum atomic E-state index is 6.21. The molecule has 0 N–H and O–H groups in total. The zero-order valence-electron chi connectivity index (χ0n) is 6.34. The van der Waals surface area contributed by atoms with Gasteiger partial charge in [-0.1, -0.05) is 36.4 Å². The van der Waals surface area contributed by atoms with Gasteiger partial charge in [-0.2, -0.15) is 0 Å². The summed E-state index contributed by atoms with van der Waals surface area (Å²) in [5.74, 6) is 0. The van der Waals surface area contributed by atoms with Crippen LogP contribution in [0.15, 0.2) is 30.3 Å². The van der Waals surface area contributed by atoms with Gasteiger partial charge in [0.05, 0.1) is 4.87 Å². The fraction of sp³-hybridized carbons (Fsp3) is 0.200. The summed E-state index contributed by atoms with van der Waals surface area (Å²) in [5, 5.41) is 0. The molecule has 0 saturated carbocycles. The fourth-order valence-electron chi connectivity index (χ4n) is 1.42. The van der Waals surface area contributed by atoms with E-state index in [4.69, 9.17) is 11.6 Å². The molecule has 0 aliphatic heterocycles. The van der Waals surface area contributed by atoms with Gasteiger partial charge in [-0.3, -0.25) is 0 Å². The number of allylic oxidation sites excluding steroid dienone is 1. The van der Waals surface area contributed by atoms with Gasteiger partial charge >= 0.3 is 0 Å². The molecule has 56 valence electrons. The molecule has 1 aliphatic carbocycles. The Morgan fingerprint density at radius 2 is 2.00 bits per heavy atom. The van der Waals surface area contributed by atoms with Crippen molar-refractivity contribution in [3.63, 3.8) is 0 Å². The summed E-state index contributed by atoms with van der Waals surface area (Å²) in [7, 11) is 0. The Balaban J connectivity index is 2.64. The third-order valence-corrected chi connectivity index (χ3v) is 2.39. The largest absolute Gasteiger partial charge is 0.110 e. The molecule has 1 atom stereocenters. The van der Waals surface area contributed by atoms with Crippen LogP contribution < -0.4 is 0 Å². The molecule has 0 heterocycles. The Morgan fingerprint density at radius 1 is 1.27 bits per heavy atom. The summed E-state index contributed by atoms with van der Waals surface area (Å²) in [5.41, 5.74) is 2.45. The second kappa shape index (κ2) is 2.12. The molecular formula is C10H9Cl. The number of benzene rings is 1. The van der Waals surface area contributed by atoms with E-state index in [0.29, 0.717) is 0 Å². The molecule has 0 radical (unpaired) electrons. The van der Waals surface area contributed by atoms with Crippen LogP contribution in [0.25, 0.3) is 6.08 Å². The van der Waals surface area contributed by atoms with Gasteiger partial charge in [-0.05, 0) is 18.1 Å². The number of hydrogen-bond donors (Lipinski definition) is 0. The summed E-state index contributed by atoms with van der Waals surface area (Å²) >= 11 is 6.21. The molecule has 0 fully saturated rings. The first-order valence-electron chi connectivity index (χ1n) is 3.68. The van der Waals surface area contributed by atoms with E-state index in [0.717, 1.165) is 0 Å². The summed E-state index contributed by atoms with van der Waals surface area (Å²) < 4.78 is 0. The Bertz CT molecular complexity index is 310. The van der Waals surface area contributed by atoms with Crippen LogP contribution >= 0.6 is 11.6 Å². The molecule has 0 bridgehead atoms. The Kier molecular flexibility index (Phi) is 1.33. The van der Waals surface area contributed by atoms with Crippen molar-refractivity contribution in [3.8, 4) is 0 Å². The minimum Gasteiger partial charge on any atom is -0.110 e. The molecule has 1 aromatic rings. The molecule has 1 aliphatic rings. The third kappa shape index (κ3) is 0.982. The number of alkyl halides is 1. The average Bonchev–Trinajstić information content (AvgIpc) is 2.29. The summed E-state index contributed by atoms with van der Waals surface area (Å²) in [6.45, 7) is 2.01. The lowest BCUT2D eigenvalue weighted by Crippen LogP contribution is -2.06. The first kappa shape index (κ1) is 6.93. The lowest BCUT2D eigenvalue weighted by atomic mass is 10.0. The molecule has 0 aromatic heterocycles. The molecule has 0 nitrogen and oxygen atoms in total. The van der Waals surface area contributed by atoms with E-state index in [1.54, 1.807) is 0 Å². The predicted octanol–water partition coefficient (Wildman–Crippen LogP) is 3.17. The van der Waals surface area contributed by atoms with Crippen molar-refractivity contribution >= 4 is 17.7 Å². The van der Waals surface area contributed by atoms with Gasteiger partial charge in [0.15, 0.2) is 0 Å². The van der Waals surface area contributed by atoms with Crippen LogP contribution in [-0.2, 0) is 4.87 Å². The maximum absolute atomic E-state index is 6.21. The number of rotatable bonds is 0. The van der Waals surface area contributed by atoms with Gasteiger partial charge in [0.2, 0.25) is 0 Å². The van der Waals surface area contributed by atoms with Crippen molar-refractivity contribution in [2.45, 2.75) is 11.8 Å². The highest BCUT2D eigenvalue weighted by atomic mass is 35.5. The average molecular weight is 165 g/mol. The quantitative estimate of drug-likeness (QED) is 0.517. The second-order valence-corrected chi connectivity index (χ2v) is 3.78. The topological polar surface area (TPSA) is 0 Å². The highest BCUT2D eigenvalue weighted by Gasteiger charge is 2.26. The highest BCUT2D eigenvalue weighted by Crippen LogP contribution is 2.38. The van der Waals surface area contributed by atoms with E-state index >= 15 is 0 Å². The zero-order chi connectivity index (χ0) is 7.90. The summed E-state index contributed by atoms with van der Waals surface area (Å²) in [6, 6.07) is 8.20. The first-order chi connectivity index (χ1) is 5.20. The van der Waals surface area contributed by atoms with Gasteiger partial charge in [-0.15, -0.1) is 11.6 Å². The van der Waals surface area contributed by atoms with Crippen LogP contribution in [0.1, 0.15) is 18.1 Å². The van der Waals surface area contributed by atoms with Crippen molar-refractivity contribution in [2.75, 3.05) is 0 Å². The first-order valence-corrected chi connectivity index (χ1v) is 4.05. The Morgan fingerprint density at radius 3 is 2.73 bits per heavy atom. The second-order valence-electron chi connectivity index (χ2n) is 3.00. The molecular weight excluding hydrogens is 156 g/mol. The Hall–Kier alpha value is -0.750. The molecule has 11 heavy (non-hydrogen) atoms. The lowest BCUT2D eigenvalue weighted by Gasteiger charge is -2.13. The van der Waals surface area contributed by atoms with Gasteiger partial charge < -0.3 is 0 Å². The zero-order valence-corrected chi connectivity index (χ0v) is 7.10. The minimum absolute atomic E-state index is 0.281. The molecule has 0 spiro atoms. The number of hydrogen-bond acceptors (Lipinski definition) is 0. The highest BCUT2D eigenvalue weighted by molar-refractivity contribution is 6.26. The van der Waals surface area contributed by atoms with Crippen molar-refractivity contribution in [1.82, 2.24) is 0 Å².